The van der Waals surface area contributed by atoms with Gasteiger partial charge in [-0.05, 0) is 42.7 Å². The molecule has 1 aliphatic heterocycles. The normalized spacial score (nSPS) is 16.6. The van der Waals surface area contributed by atoms with Crippen LogP contribution in [0.5, 0.6) is 0 Å². The highest BCUT2D eigenvalue weighted by atomic mass is 16.5. The maximum atomic E-state index is 12.9. The van der Waals surface area contributed by atoms with Crippen molar-refractivity contribution in [3.8, 4) is 0 Å². The Kier molecular flexibility index (Phi) is 5.66. The number of carbonyl (C=O) groups is 1. The van der Waals surface area contributed by atoms with E-state index in [1.54, 1.807) is 24.5 Å². The van der Waals surface area contributed by atoms with Crippen LogP contribution < -0.4 is 4.90 Å². The molecular weight excluding hydrogens is 314 g/mol. The summed E-state index contributed by atoms with van der Waals surface area (Å²) in [5.41, 5.74) is 2.93. The second kappa shape index (κ2) is 8.12. The molecule has 0 unspecified atom stereocenters. The zero-order valence-electron chi connectivity index (χ0n) is 14.9. The average molecular weight is 339 g/mol. The SMILES string of the molecule is CN(C)c1ccc(CN(C[C@@H]2CCCO2)C(=O)c2ccncc2)cc1. The van der Waals surface area contributed by atoms with E-state index in [1.807, 2.05) is 19.0 Å². The van der Waals surface area contributed by atoms with Crippen LogP contribution in [0.15, 0.2) is 48.8 Å². The highest BCUT2D eigenvalue weighted by molar-refractivity contribution is 5.94. The molecule has 0 N–H and O–H groups in total. The zero-order valence-corrected chi connectivity index (χ0v) is 14.9. The number of pyridine rings is 1. The molecule has 1 amide bonds. The van der Waals surface area contributed by atoms with Gasteiger partial charge in [0.25, 0.3) is 5.91 Å². The number of hydrogen-bond acceptors (Lipinski definition) is 4. The molecule has 1 aliphatic rings. The van der Waals surface area contributed by atoms with E-state index < -0.39 is 0 Å². The molecule has 1 atom stereocenters. The first kappa shape index (κ1) is 17.4. The lowest BCUT2D eigenvalue weighted by molar-refractivity contribution is 0.0507. The van der Waals surface area contributed by atoms with Gasteiger partial charge in [-0.25, -0.2) is 0 Å². The summed E-state index contributed by atoms with van der Waals surface area (Å²) in [5, 5.41) is 0. The first-order valence-corrected chi connectivity index (χ1v) is 8.70. The highest BCUT2D eigenvalue weighted by Crippen LogP contribution is 2.19. The summed E-state index contributed by atoms with van der Waals surface area (Å²) >= 11 is 0. The minimum absolute atomic E-state index is 0.0228. The van der Waals surface area contributed by atoms with E-state index in [0.29, 0.717) is 18.7 Å². The number of anilines is 1. The van der Waals surface area contributed by atoms with E-state index in [-0.39, 0.29) is 12.0 Å². The number of benzene rings is 1. The summed E-state index contributed by atoms with van der Waals surface area (Å²) < 4.78 is 5.74. The Labute approximate surface area is 149 Å². The van der Waals surface area contributed by atoms with Gasteiger partial charge in [0.15, 0.2) is 0 Å². The zero-order chi connectivity index (χ0) is 17.6. The monoisotopic (exact) mass is 339 g/mol. The Morgan fingerprint density at radius 2 is 1.88 bits per heavy atom. The number of nitrogens with zero attached hydrogens (tertiary/aromatic N) is 3. The van der Waals surface area contributed by atoms with Gasteiger partial charge in [-0.1, -0.05) is 12.1 Å². The predicted octanol–water partition coefficient (Wildman–Crippen LogP) is 2.97. The predicted molar refractivity (Wildman–Crippen MR) is 98.7 cm³/mol. The minimum atomic E-state index is 0.0228. The summed E-state index contributed by atoms with van der Waals surface area (Å²) in [6.07, 6.45) is 5.53. The molecule has 1 aromatic heterocycles. The number of ether oxygens (including phenoxy) is 1. The fourth-order valence-corrected chi connectivity index (χ4v) is 3.05. The van der Waals surface area contributed by atoms with Crippen molar-refractivity contribution in [3.63, 3.8) is 0 Å². The van der Waals surface area contributed by atoms with Gasteiger partial charge in [-0.2, -0.15) is 0 Å². The lowest BCUT2D eigenvalue weighted by Gasteiger charge is -2.26. The van der Waals surface area contributed by atoms with Crippen LogP contribution in [0.2, 0.25) is 0 Å². The van der Waals surface area contributed by atoms with Crippen LogP contribution in [-0.2, 0) is 11.3 Å². The van der Waals surface area contributed by atoms with Crippen molar-refractivity contribution in [2.24, 2.45) is 0 Å². The molecule has 0 spiro atoms. The van der Waals surface area contributed by atoms with Gasteiger partial charge in [0, 0.05) is 57.4 Å². The Morgan fingerprint density at radius 1 is 1.16 bits per heavy atom. The molecule has 1 aromatic carbocycles. The van der Waals surface area contributed by atoms with Gasteiger partial charge in [0.2, 0.25) is 0 Å². The third kappa shape index (κ3) is 4.57. The number of aromatic nitrogens is 1. The van der Waals surface area contributed by atoms with E-state index in [1.165, 1.54) is 0 Å². The second-order valence-corrected chi connectivity index (χ2v) is 6.62. The van der Waals surface area contributed by atoms with Gasteiger partial charge < -0.3 is 14.5 Å². The quantitative estimate of drug-likeness (QED) is 0.812. The Morgan fingerprint density at radius 3 is 2.48 bits per heavy atom. The molecule has 25 heavy (non-hydrogen) atoms. The molecular formula is C20H25N3O2. The maximum absolute atomic E-state index is 12.9. The molecule has 0 radical (unpaired) electrons. The smallest absolute Gasteiger partial charge is 0.254 e. The maximum Gasteiger partial charge on any atom is 0.254 e. The molecule has 1 saturated heterocycles. The Balaban J connectivity index is 1.76. The third-order valence-electron chi connectivity index (χ3n) is 4.49. The standard InChI is InChI=1S/C20H25N3O2/c1-22(2)18-7-5-16(6-8-18)14-23(15-19-4-3-13-25-19)20(24)17-9-11-21-12-10-17/h5-12,19H,3-4,13-15H2,1-2H3/t19-/m0/s1. The van der Waals surface area contributed by atoms with Gasteiger partial charge >= 0.3 is 0 Å². The number of rotatable bonds is 6. The Bertz CT molecular complexity index is 680. The summed E-state index contributed by atoms with van der Waals surface area (Å²) in [7, 11) is 4.04. The van der Waals surface area contributed by atoms with Crippen LogP contribution in [-0.4, -0.2) is 49.1 Å². The van der Waals surface area contributed by atoms with Crippen molar-refractivity contribution >= 4 is 11.6 Å². The topological polar surface area (TPSA) is 45.7 Å². The molecule has 5 heteroatoms. The first-order chi connectivity index (χ1) is 12.1. The van der Waals surface area contributed by atoms with Crippen LogP contribution >= 0.6 is 0 Å². The fourth-order valence-electron chi connectivity index (χ4n) is 3.05. The van der Waals surface area contributed by atoms with Crippen LogP contribution in [0.3, 0.4) is 0 Å². The second-order valence-electron chi connectivity index (χ2n) is 6.62. The molecule has 0 bridgehead atoms. The van der Waals surface area contributed by atoms with E-state index in [0.717, 1.165) is 30.7 Å². The van der Waals surface area contributed by atoms with Gasteiger partial charge in [0.05, 0.1) is 6.10 Å². The summed E-state index contributed by atoms with van der Waals surface area (Å²) in [6, 6.07) is 11.8. The molecule has 132 valence electrons. The van der Waals surface area contributed by atoms with Crippen LogP contribution in [0.4, 0.5) is 5.69 Å². The van der Waals surface area contributed by atoms with E-state index >= 15 is 0 Å². The molecule has 0 aliphatic carbocycles. The molecule has 0 saturated carbocycles. The molecule has 1 fully saturated rings. The van der Waals surface area contributed by atoms with Crippen molar-refractivity contribution in [1.82, 2.24) is 9.88 Å². The largest absolute Gasteiger partial charge is 0.378 e. The van der Waals surface area contributed by atoms with Crippen LogP contribution in [0.25, 0.3) is 0 Å². The fraction of sp³-hybridized carbons (Fsp3) is 0.400. The first-order valence-electron chi connectivity index (χ1n) is 8.70. The van der Waals surface area contributed by atoms with E-state index in [2.05, 4.69) is 34.1 Å². The number of hydrogen-bond donors (Lipinski definition) is 0. The van der Waals surface area contributed by atoms with Crippen LogP contribution in [0.1, 0.15) is 28.8 Å². The molecule has 5 nitrogen and oxygen atoms in total. The number of amides is 1. The van der Waals surface area contributed by atoms with Crippen molar-refractivity contribution in [3.05, 3.63) is 59.9 Å². The van der Waals surface area contributed by atoms with Crippen molar-refractivity contribution in [2.75, 3.05) is 32.1 Å². The third-order valence-corrected chi connectivity index (χ3v) is 4.49. The van der Waals surface area contributed by atoms with E-state index in [4.69, 9.17) is 4.74 Å². The highest BCUT2D eigenvalue weighted by Gasteiger charge is 2.23. The van der Waals surface area contributed by atoms with E-state index in [9.17, 15) is 4.79 Å². The lowest BCUT2D eigenvalue weighted by Crippen LogP contribution is -2.37. The summed E-state index contributed by atoms with van der Waals surface area (Å²) in [6.45, 7) is 1.99. The molecule has 2 aromatic rings. The van der Waals surface area contributed by atoms with Crippen molar-refractivity contribution in [2.45, 2.75) is 25.5 Å². The molecule has 3 rings (SSSR count). The Hall–Kier alpha value is -2.40. The van der Waals surface area contributed by atoms with Gasteiger partial charge in [-0.3, -0.25) is 9.78 Å². The average Bonchev–Trinajstić information content (AvgIpc) is 3.15. The van der Waals surface area contributed by atoms with Gasteiger partial charge in [0.1, 0.15) is 0 Å². The number of carbonyl (C=O) groups excluding carboxylic acids is 1. The molecule has 2 heterocycles. The van der Waals surface area contributed by atoms with Crippen molar-refractivity contribution in [1.29, 1.82) is 0 Å². The van der Waals surface area contributed by atoms with Crippen LogP contribution in [0, 0.1) is 0 Å². The van der Waals surface area contributed by atoms with Crippen molar-refractivity contribution < 1.29 is 9.53 Å². The lowest BCUT2D eigenvalue weighted by atomic mass is 10.1. The van der Waals surface area contributed by atoms with Gasteiger partial charge in [-0.15, -0.1) is 0 Å². The summed E-state index contributed by atoms with van der Waals surface area (Å²) in [4.78, 5) is 20.9. The minimum Gasteiger partial charge on any atom is -0.378 e. The summed E-state index contributed by atoms with van der Waals surface area (Å²) in [5.74, 6) is 0.0228.